The van der Waals surface area contributed by atoms with Gasteiger partial charge in [-0.05, 0) is 37.6 Å². The Morgan fingerprint density at radius 2 is 1.95 bits per heavy atom. The molecule has 20 heavy (non-hydrogen) atoms. The van der Waals surface area contributed by atoms with Crippen molar-refractivity contribution in [2.45, 2.75) is 58.2 Å². The SMILES string of the molecule is CC1(C)CCCC(N2CCC(C(=O)O)(C(F)(F)F)C2)C1. The van der Waals surface area contributed by atoms with E-state index in [4.69, 9.17) is 5.11 Å². The molecule has 0 radical (unpaired) electrons. The molecule has 0 amide bonds. The summed E-state index contributed by atoms with van der Waals surface area (Å²) in [6.45, 7) is 4.09. The Bertz CT molecular complexity index is 394. The van der Waals surface area contributed by atoms with Crippen molar-refractivity contribution >= 4 is 5.97 Å². The molecule has 2 fully saturated rings. The molecule has 2 unspecified atom stereocenters. The van der Waals surface area contributed by atoms with Gasteiger partial charge < -0.3 is 5.11 Å². The van der Waals surface area contributed by atoms with Gasteiger partial charge in [-0.1, -0.05) is 20.3 Å². The van der Waals surface area contributed by atoms with Crippen LogP contribution in [0.2, 0.25) is 0 Å². The van der Waals surface area contributed by atoms with Crippen LogP contribution in [0.15, 0.2) is 0 Å². The topological polar surface area (TPSA) is 40.5 Å². The van der Waals surface area contributed by atoms with Crippen molar-refractivity contribution < 1.29 is 23.1 Å². The van der Waals surface area contributed by atoms with Gasteiger partial charge in [-0.25, -0.2) is 0 Å². The molecule has 1 saturated carbocycles. The third-order valence-electron chi connectivity index (χ3n) is 4.95. The van der Waals surface area contributed by atoms with Crippen LogP contribution in [0.5, 0.6) is 0 Å². The summed E-state index contributed by atoms with van der Waals surface area (Å²) in [5.74, 6) is -1.73. The Labute approximate surface area is 117 Å². The minimum atomic E-state index is -4.68. The van der Waals surface area contributed by atoms with Crippen molar-refractivity contribution in [3.05, 3.63) is 0 Å². The molecule has 0 spiro atoms. The number of likely N-dealkylation sites (tertiary alicyclic amines) is 1. The molecule has 6 heteroatoms. The fraction of sp³-hybridized carbons (Fsp3) is 0.929. The van der Waals surface area contributed by atoms with Gasteiger partial charge in [0.1, 0.15) is 0 Å². The summed E-state index contributed by atoms with van der Waals surface area (Å²) in [7, 11) is 0. The van der Waals surface area contributed by atoms with Gasteiger partial charge >= 0.3 is 12.1 Å². The van der Waals surface area contributed by atoms with Gasteiger partial charge in [-0.2, -0.15) is 13.2 Å². The monoisotopic (exact) mass is 293 g/mol. The normalized spacial score (nSPS) is 35.1. The fourth-order valence-corrected chi connectivity index (χ4v) is 3.65. The maximum absolute atomic E-state index is 13.2. The van der Waals surface area contributed by atoms with E-state index in [1.807, 2.05) is 0 Å². The first-order valence-electron chi connectivity index (χ1n) is 7.12. The minimum absolute atomic E-state index is 0.0855. The van der Waals surface area contributed by atoms with Crippen LogP contribution in [0.1, 0.15) is 46.0 Å². The molecular weight excluding hydrogens is 271 g/mol. The highest BCUT2D eigenvalue weighted by atomic mass is 19.4. The van der Waals surface area contributed by atoms with E-state index in [0.29, 0.717) is 0 Å². The molecule has 2 rings (SSSR count). The van der Waals surface area contributed by atoms with Crippen molar-refractivity contribution in [2.75, 3.05) is 13.1 Å². The maximum Gasteiger partial charge on any atom is 0.406 e. The molecule has 1 aliphatic carbocycles. The number of rotatable bonds is 2. The number of carbonyl (C=O) groups is 1. The van der Waals surface area contributed by atoms with Crippen molar-refractivity contribution in [1.82, 2.24) is 4.90 Å². The van der Waals surface area contributed by atoms with E-state index in [9.17, 15) is 18.0 Å². The van der Waals surface area contributed by atoms with Gasteiger partial charge in [0.15, 0.2) is 5.41 Å². The highest BCUT2D eigenvalue weighted by molar-refractivity contribution is 5.76. The van der Waals surface area contributed by atoms with Crippen LogP contribution < -0.4 is 0 Å². The number of hydrogen-bond donors (Lipinski definition) is 1. The third-order valence-corrected chi connectivity index (χ3v) is 4.95. The summed E-state index contributed by atoms with van der Waals surface area (Å²) >= 11 is 0. The van der Waals surface area contributed by atoms with Crippen molar-refractivity contribution in [3.8, 4) is 0 Å². The lowest BCUT2D eigenvalue weighted by molar-refractivity contribution is -0.228. The Morgan fingerprint density at radius 3 is 2.40 bits per heavy atom. The number of alkyl halides is 3. The zero-order valence-electron chi connectivity index (χ0n) is 12.0. The predicted octanol–water partition coefficient (Wildman–Crippen LogP) is 3.29. The lowest BCUT2D eigenvalue weighted by atomic mass is 9.74. The second kappa shape index (κ2) is 4.90. The van der Waals surface area contributed by atoms with Gasteiger partial charge in [0.25, 0.3) is 0 Å². The van der Waals surface area contributed by atoms with Crippen LogP contribution in [-0.2, 0) is 4.79 Å². The number of aliphatic carboxylic acids is 1. The summed E-state index contributed by atoms with van der Waals surface area (Å²) in [5.41, 5.74) is -2.44. The standard InChI is InChI=1S/C14H22F3NO2/c1-12(2)5-3-4-10(8-12)18-7-6-13(9-18,11(19)20)14(15,16)17/h10H,3-9H2,1-2H3,(H,19,20). The van der Waals surface area contributed by atoms with Crippen LogP contribution in [0.25, 0.3) is 0 Å². The molecule has 3 nitrogen and oxygen atoms in total. The molecule has 1 aliphatic heterocycles. The van der Waals surface area contributed by atoms with Crippen LogP contribution in [0, 0.1) is 10.8 Å². The van der Waals surface area contributed by atoms with E-state index in [0.717, 1.165) is 25.7 Å². The van der Waals surface area contributed by atoms with E-state index in [-0.39, 0.29) is 24.4 Å². The summed E-state index contributed by atoms with van der Waals surface area (Å²) in [5, 5.41) is 9.07. The van der Waals surface area contributed by atoms with Gasteiger partial charge in [0.05, 0.1) is 0 Å². The Morgan fingerprint density at radius 1 is 1.30 bits per heavy atom. The van der Waals surface area contributed by atoms with E-state index in [1.54, 1.807) is 4.90 Å². The van der Waals surface area contributed by atoms with Crippen LogP contribution in [-0.4, -0.2) is 41.3 Å². The molecule has 2 atom stereocenters. The van der Waals surface area contributed by atoms with Crippen molar-refractivity contribution in [3.63, 3.8) is 0 Å². The second-order valence-corrected chi connectivity index (χ2v) is 7.02. The summed E-state index contributed by atoms with van der Waals surface area (Å²) in [6, 6.07) is 0.0855. The van der Waals surface area contributed by atoms with Crippen LogP contribution in [0.3, 0.4) is 0 Å². The molecular formula is C14H22F3NO2. The highest BCUT2D eigenvalue weighted by Crippen LogP contribution is 2.48. The van der Waals surface area contributed by atoms with Crippen LogP contribution in [0.4, 0.5) is 13.2 Å². The number of nitrogens with zero attached hydrogens (tertiary/aromatic N) is 1. The van der Waals surface area contributed by atoms with Crippen molar-refractivity contribution in [1.29, 1.82) is 0 Å². The lowest BCUT2D eigenvalue weighted by Gasteiger charge is -2.40. The zero-order valence-corrected chi connectivity index (χ0v) is 12.0. The molecule has 0 bridgehead atoms. The quantitative estimate of drug-likeness (QED) is 0.849. The Hall–Kier alpha value is -0.780. The zero-order chi connectivity index (χ0) is 15.2. The Kier molecular flexibility index (Phi) is 3.82. The molecule has 1 saturated heterocycles. The van der Waals surface area contributed by atoms with Gasteiger partial charge in [0.2, 0.25) is 0 Å². The summed E-state index contributed by atoms with van der Waals surface area (Å²) < 4.78 is 39.5. The molecule has 1 N–H and O–H groups in total. The van der Waals surface area contributed by atoms with Gasteiger partial charge in [-0.3, -0.25) is 9.69 Å². The maximum atomic E-state index is 13.2. The fourth-order valence-electron chi connectivity index (χ4n) is 3.65. The van der Waals surface area contributed by atoms with Crippen LogP contribution >= 0.6 is 0 Å². The number of carboxylic acids is 1. The highest BCUT2D eigenvalue weighted by Gasteiger charge is 2.64. The number of halogens is 3. The second-order valence-electron chi connectivity index (χ2n) is 7.02. The smallest absolute Gasteiger partial charge is 0.406 e. The van der Waals surface area contributed by atoms with E-state index in [2.05, 4.69) is 13.8 Å². The molecule has 116 valence electrons. The van der Waals surface area contributed by atoms with E-state index >= 15 is 0 Å². The molecule has 0 aromatic heterocycles. The van der Waals surface area contributed by atoms with Gasteiger partial charge in [0, 0.05) is 12.6 Å². The van der Waals surface area contributed by atoms with Crippen molar-refractivity contribution in [2.24, 2.45) is 10.8 Å². The first-order chi connectivity index (χ1) is 9.07. The average Bonchev–Trinajstić information content (AvgIpc) is 2.72. The van der Waals surface area contributed by atoms with E-state index in [1.165, 1.54) is 0 Å². The first kappa shape index (κ1) is 15.6. The number of hydrogen-bond acceptors (Lipinski definition) is 2. The molecule has 2 aliphatic rings. The minimum Gasteiger partial charge on any atom is -0.481 e. The third kappa shape index (κ3) is 2.67. The number of carboxylic acid groups (broad SMARTS) is 1. The van der Waals surface area contributed by atoms with E-state index < -0.39 is 24.1 Å². The molecule has 0 aromatic rings. The first-order valence-corrected chi connectivity index (χ1v) is 7.12. The Balaban J connectivity index is 2.13. The molecule has 0 aromatic carbocycles. The summed E-state index contributed by atoms with van der Waals surface area (Å²) in [6.07, 6.45) is -1.21. The average molecular weight is 293 g/mol. The summed E-state index contributed by atoms with van der Waals surface area (Å²) in [4.78, 5) is 12.9. The lowest BCUT2D eigenvalue weighted by Crippen LogP contribution is -2.49. The largest absolute Gasteiger partial charge is 0.481 e. The molecule has 1 heterocycles. The predicted molar refractivity (Wildman–Crippen MR) is 68.4 cm³/mol. The van der Waals surface area contributed by atoms with Gasteiger partial charge in [-0.15, -0.1) is 0 Å².